The second-order valence-corrected chi connectivity index (χ2v) is 4.53. The molecular weight excluding hydrogens is 277 g/mol. The number of nitrogens with zero attached hydrogens (tertiary/aromatic N) is 3. The molecule has 1 aliphatic heterocycles. The van der Waals surface area contributed by atoms with E-state index >= 15 is 0 Å². The Morgan fingerprint density at radius 3 is 2.85 bits per heavy atom. The van der Waals surface area contributed by atoms with Crippen molar-refractivity contribution < 1.29 is 22.8 Å². The van der Waals surface area contributed by atoms with Crippen molar-refractivity contribution in [1.29, 1.82) is 0 Å². The summed E-state index contributed by atoms with van der Waals surface area (Å²) in [5.74, 6) is -1.05. The maximum atomic E-state index is 12.2. The summed E-state index contributed by atoms with van der Waals surface area (Å²) in [6.45, 7) is -1.07. The van der Waals surface area contributed by atoms with E-state index in [0.717, 1.165) is 10.9 Å². The summed E-state index contributed by atoms with van der Waals surface area (Å²) >= 11 is 0. The second kappa shape index (κ2) is 5.14. The zero-order valence-corrected chi connectivity index (χ0v) is 10.6. The maximum absolute atomic E-state index is 12.2. The largest absolute Gasteiger partial charge is 0.408 e. The number of carbonyl (C=O) groups is 2. The first-order valence-electron chi connectivity index (χ1n) is 5.91. The van der Waals surface area contributed by atoms with Gasteiger partial charge >= 0.3 is 6.18 Å². The Labute approximate surface area is 112 Å². The maximum Gasteiger partial charge on any atom is 0.408 e. The molecule has 1 fully saturated rings. The van der Waals surface area contributed by atoms with Crippen LogP contribution in [0.15, 0.2) is 12.4 Å². The molecule has 0 aromatic carbocycles. The van der Waals surface area contributed by atoms with E-state index in [2.05, 4.69) is 10.4 Å². The van der Waals surface area contributed by atoms with E-state index in [1.165, 1.54) is 18.1 Å². The SMILES string of the molecule is CNC(=O)C1CC(=O)N(c2cnn(CC(F)(F)F)c2)C1. The molecule has 9 heteroatoms. The van der Waals surface area contributed by atoms with Gasteiger partial charge in [0.1, 0.15) is 6.54 Å². The molecule has 1 aromatic rings. The molecule has 2 amide bonds. The van der Waals surface area contributed by atoms with Gasteiger partial charge in [0.25, 0.3) is 0 Å². The third-order valence-electron chi connectivity index (χ3n) is 3.01. The van der Waals surface area contributed by atoms with Gasteiger partial charge in [-0.15, -0.1) is 0 Å². The molecule has 0 spiro atoms. The van der Waals surface area contributed by atoms with E-state index in [9.17, 15) is 22.8 Å². The van der Waals surface area contributed by atoms with Crippen LogP contribution < -0.4 is 10.2 Å². The first-order valence-corrected chi connectivity index (χ1v) is 5.91. The summed E-state index contributed by atoms with van der Waals surface area (Å²) in [7, 11) is 1.47. The zero-order chi connectivity index (χ0) is 14.9. The predicted octanol–water partition coefficient (Wildman–Crippen LogP) is 0.544. The van der Waals surface area contributed by atoms with Crippen LogP contribution in [-0.2, 0) is 16.1 Å². The molecule has 1 atom stereocenters. The zero-order valence-electron chi connectivity index (χ0n) is 10.6. The molecule has 110 valence electrons. The summed E-state index contributed by atoms with van der Waals surface area (Å²) in [6.07, 6.45) is -1.99. The Hall–Kier alpha value is -2.06. The van der Waals surface area contributed by atoms with Crippen LogP contribution in [0.5, 0.6) is 0 Å². The number of anilines is 1. The third kappa shape index (κ3) is 3.09. The molecule has 20 heavy (non-hydrogen) atoms. The number of rotatable bonds is 3. The Kier molecular flexibility index (Phi) is 3.69. The number of aromatic nitrogens is 2. The number of hydrogen-bond acceptors (Lipinski definition) is 3. The van der Waals surface area contributed by atoms with Gasteiger partial charge in [0, 0.05) is 26.2 Å². The lowest BCUT2D eigenvalue weighted by Gasteiger charge is -2.13. The Morgan fingerprint density at radius 2 is 2.25 bits per heavy atom. The predicted molar refractivity (Wildman–Crippen MR) is 62.8 cm³/mol. The lowest BCUT2D eigenvalue weighted by molar-refractivity contribution is -0.142. The highest BCUT2D eigenvalue weighted by molar-refractivity contribution is 6.00. The number of amides is 2. The molecule has 1 saturated heterocycles. The van der Waals surface area contributed by atoms with Gasteiger partial charge in [0.2, 0.25) is 11.8 Å². The summed E-state index contributed by atoms with van der Waals surface area (Å²) in [6, 6.07) is 0. The molecular formula is C11H13F3N4O2. The fourth-order valence-corrected chi connectivity index (χ4v) is 2.10. The number of nitrogens with one attached hydrogen (secondary N) is 1. The van der Waals surface area contributed by atoms with Crippen LogP contribution in [-0.4, -0.2) is 41.4 Å². The highest BCUT2D eigenvalue weighted by Gasteiger charge is 2.35. The van der Waals surface area contributed by atoms with Crippen LogP contribution in [0, 0.1) is 5.92 Å². The second-order valence-electron chi connectivity index (χ2n) is 4.53. The minimum Gasteiger partial charge on any atom is -0.359 e. The van der Waals surface area contributed by atoms with Crippen molar-refractivity contribution in [2.45, 2.75) is 19.1 Å². The average molecular weight is 290 g/mol. The lowest BCUT2D eigenvalue weighted by atomic mass is 10.1. The number of carbonyl (C=O) groups excluding carboxylic acids is 2. The number of halogens is 3. The molecule has 0 radical (unpaired) electrons. The van der Waals surface area contributed by atoms with Crippen molar-refractivity contribution >= 4 is 17.5 Å². The molecule has 0 aliphatic carbocycles. The van der Waals surface area contributed by atoms with Crippen LogP contribution in [0.1, 0.15) is 6.42 Å². The fourth-order valence-electron chi connectivity index (χ4n) is 2.10. The van der Waals surface area contributed by atoms with Crippen molar-refractivity contribution in [3.05, 3.63) is 12.4 Å². The standard InChI is InChI=1S/C11H13F3N4O2/c1-15-10(20)7-2-9(19)18(4-7)8-3-16-17(5-8)6-11(12,13)14/h3,5,7H,2,4,6H2,1H3,(H,15,20). The Morgan fingerprint density at radius 1 is 1.55 bits per heavy atom. The molecule has 2 rings (SSSR count). The molecule has 0 saturated carbocycles. The van der Waals surface area contributed by atoms with Crippen LogP contribution in [0.4, 0.5) is 18.9 Å². The van der Waals surface area contributed by atoms with Crippen LogP contribution in [0.25, 0.3) is 0 Å². The quantitative estimate of drug-likeness (QED) is 0.883. The molecule has 1 N–H and O–H groups in total. The minimum absolute atomic E-state index is 0.0458. The van der Waals surface area contributed by atoms with Gasteiger partial charge in [-0.05, 0) is 0 Å². The van der Waals surface area contributed by atoms with Crippen molar-refractivity contribution in [3.8, 4) is 0 Å². The molecule has 0 bridgehead atoms. The van der Waals surface area contributed by atoms with Gasteiger partial charge < -0.3 is 10.2 Å². The first-order chi connectivity index (χ1) is 9.30. The van der Waals surface area contributed by atoms with E-state index < -0.39 is 18.6 Å². The van der Waals surface area contributed by atoms with Crippen molar-refractivity contribution in [2.75, 3.05) is 18.5 Å². The van der Waals surface area contributed by atoms with Crippen molar-refractivity contribution in [1.82, 2.24) is 15.1 Å². The first kappa shape index (κ1) is 14.4. The highest BCUT2D eigenvalue weighted by Crippen LogP contribution is 2.25. The molecule has 2 heterocycles. The topological polar surface area (TPSA) is 67.2 Å². The van der Waals surface area contributed by atoms with Crippen LogP contribution >= 0.6 is 0 Å². The summed E-state index contributed by atoms with van der Waals surface area (Å²) < 4.78 is 37.4. The molecule has 1 unspecified atom stereocenters. The Balaban J connectivity index is 2.09. The minimum atomic E-state index is -4.37. The molecule has 1 aliphatic rings. The monoisotopic (exact) mass is 290 g/mol. The normalized spacial score (nSPS) is 19.5. The van der Waals surface area contributed by atoms with Gasteiger partial charge in [-0.1, -0.05) is 0 Å². The molecule has 6 nitrogen and oxygen atoms in total. The van der Waals surface area contributed by atoms with E-state index in [-0.39, 0.29) is 30.5 Å². The van der Waals surface area contributed by atoms with Crippen LogP contribution in [0.2, 0.25) is 0 Å². The van der Waals surface area contributed by atoms with Gasteiger partial charge in [-0.25, -0.2) is 0 Å². The van der Waals surface area contributed by atoms with Crippen molar-refractivity contribution in [3.63, 3.8) is 0 Å². The summed E-state index contributed by atoms with van der Waals surface area (Å²) in [4.78, 5) is 24.5. The average Bonchev–Trinajstić information content (AvgIpc) is 2.92. The van der Waals surface area contributed by atoms with E-state index in [1.54, 1.807) is 0 Å². The van der Waals surface area contributed by atoms with Gasteiger partial charge in [-0.2, -0.15) is 18.3 Å². The lowest BCUT2D eigenvalue weighted by Crippen LogP contribution is -2.30. The van der Waals surface area contributed by atoms with Crippen LogP contribution in [0.3, 0.4) is 0 Å². The Bertz CT molecular complexity index is 526. The third-order valence-corrected chi connectivity index (χ3v) is 3.01. The summed E-state index contributed by atoms with van der Waals surface area (Å²) in [5.41, 5.74) is 0.269. The van der Waals surface area contributed by atoms with E-state index in [0.29, 0.717) is 0 Å². The van der Waals surface area contributed by atoms with E-state index in [1.807, 2.05) is 0 Å². The van der Waals surface area contributed by atoms with E-state index in [4.69, 9.17) is 0 Å². The highest BCUT2D eigenvalue weighted by atomic mass is 19.4. The fraction of sp³-hybridized carbons (Fsp3) is 0.545. The van der Waals surface area contributed by atoms with Crippen molar-refractivity contribution in [2.24, 2.45) is 5.92 Å². The number of alkyl halides is 3. The van der Waals surface area contributed by atoms with Gasteiger partial charge in [0.05, 0.1) is 17.8 Å². The summed E-state index contributed by atoms with van der Waals surface area (Å²) in [5, 5.41) is 6.02. The van der Waals surface area contributed by atoms with Gasteiger partial charge in [-0.3, -0.25) is 14.3 Å². The smallest absolute Gasteiger partial charge is 0.359 e. The van der Waals surface area contributed by atoms with Gasteiger partial charge in [0.15, 0.2) is 0 Å². The molecule has 1 aromatic heterocycles. The number of hydrogen-bond donors (Lipinski definition) is 1.